The van der Waals surface area contributed by atoms with Crippen LogP contribution >= 0.6 is 12.6 Å². The Kier molecular flexibility index (Phi) is 2.64. The van der Waals surface area contributed by atoms with E-state index in [9.17, 15) is 0 Å². The van der Waals surface area contributed by atoms with E-state index < -0.39 is 0 Å². The fraction of sp³-hybridized carbons (Fsp3) is 0.500. The average Bonchev–Trinajstić information content (AvgIpc) is 2.34. The van der Waals surface area contributed by atoms with E-state index in [2.05, 4.69) is 22.3 Å². The first-order valence-electron chi connectivity index (χ1n) is 2.93. The van der Waals surface area contributed by atoms with Crippen LogP contribution in [0.25, 0.3) is 0 Å². The number of rotatable bonds is 3. The quantitative estimate of drug-likeness (QED) is 0.649. The summed E-state index contributed by atoms with van der Waals surface area (Å²) in [5, 5.41) is 3.74. The van der Waals surface area contributed by atoms with Gasteiger partial charge in [0.25, 0.3) is 0 Å². The van der Waals surface area contributed by atoms with Gasteiger partial charge in [0.1, 0.15) is 6.26 Å². The number of aryl methyl sites for hydroxylation is 1. The summed E-state index contributed by atoms with van der Waals surface area (Å²) in [6.45, 7) is 0. The zero-order valence-corrected chi connectivity index (χ0v) is 5.97. The largest absolute Gasteiger partial charge is 0.365 e. The van der Waals surface area contributed by atoms with E-state index in [1.54, 1.807) is 6.26 Å². The lowest BCUT2D eigenvalue weighted by atomic mass is 10.3. The van der Waals surface area contributed by atoms with Gasteiger partial charge in [0.15, 0.2) is 0 Å². The van der Waals surface area contributed by atoms with E-state index in [-0.39, 0.29) is 0 Å². The van der Waals surface area contributed by atoms with Crippen LogP contribution in [0.1, 0.15) is 12.1 Å². The van der Waals surface area contributed by atoms with Gasteiger partial charge in [-0.3, -0.25) is 0 Å². The Labute approximate surface area is 59.6 Å². The van der Waals surface area contributed by atoms with Crippen LogP contribution in [0.15, 0.2) is 16.9 Å². The maximum absolute atomic E-state index is 4.64. The molecule has 1 aromatic rings. The maximum Gasteiger partial charge on any atom is 0.124 e. The molecule has 1 heterocycles. The topological polar surface area (TPSA) is 26.0 Å². The van der Waals surface area contributed by atoms with Crippen LogP contribution < -0.4 is 0 Å². The molecular weight excluding hydrogens is 134 g/mol. The Bertz CT molecular complexity index is 150. The monoisotopic (exact) mass is 143 g/mol. The molecule has 0 fully saturated rings. The summed E-state index contributed by atoms with van der Waals surface area (Å²) in [6.07, 6.45) is 3.63. The molecule has 0 aliphatic heterocycles. The Morgan fingerprint density at radius 3 is 3.11 bits per heavy atom. The highest BCUT2D eigenvalue weighted by molar-refractivity contribution is 7.80. The molecule has 0 saturated heterocycles. The van der Waals surface area contributed by atoms with E-state index in [0.29, 0.717) is 0 Å². The van der Waals surface area contributed by atoms with Gasteiger partial charge in [0.2, 0.25) is 0 Å². The van der Waals surface area contributed by atoms with Gasteiger partial charge in [-0.25, -0.2) is 0 Å². The van der Waals surface area contributed by atoms with Crippen molar-refractivity contribution in [1.29, 1.82) is 0 Å². The van der Waals surface area contributed by atoms with E-state index in [4.69, 9.17) is 0 Å². The van der Waals surface area contributed by atoms with Gasteiger partial charge in [0.05, 0.1) is 5.69 Å². The van der Waals surface area contributed by atoms with Gasteiger partial charge in [0, 0.05) is 6.07 Å². The number of nitrogens with zero attached hydrogens (tertiary/aromatic N) is 1. The fourth-order valence-electron chi connectivity index (χ4n) is 0.627. The van der Waals surface area contributed by atoms with Crippen molar-refractivity contribution in [3.63, 3.8) is 0 Å². The van der Waals surface area contributed by atoms with E-state index in [1.165, 1.54) is 0 Å². The van der Waals surface area contributed by atoms with Gasteiger partial charge in [-0.1, -0.05) is 5.16 Å². The highest BCUT2D eigenvalue weighted by Gasteiger charge is 1.92. The second kappa shape index (κ2) is 3.56. The van der Waals surface area contributed by atoms with E-state index >= 15 is 0 Å². The van der Waals surface area contributed by atoms with Gasteiger partial charge in [-0.05, 0) is 18.6 Å². The van der Waals surface area contributed by atoms with Crippen molar-refractivity contribution in [2.75, 3.05) is 5.75 Å². The summed E-state index contributed by atoms with van der Waals surface area (Å²) in [5.74, 6) is 0.910. The van der Waals surface area contributed by atoms with Crippen molar-refractivity contribution in [2.45, 2.75) is 12.8 Å². The standard InChI is InChI=1S/C6H9NOS/c9-5-1-2-6-3-4-8-7-6/h3-4,9H,1-2,5H2. The number of aromatic nitrogens is 1. The van der Waals surface area contributed by atoms with Crippen LogP contribution in [0.4, 0.5) is 0 Å². The van der Waals surface area contributed by atoms with Crippen LogP contribution in [-0.2, 0) is 6.42 Å². The van der Waals surface area contributed by atoms with Crippen molar-refractivity contribution in [1.82, 2.24) is 5.16 Å². The summed E-state index contributed by atoms with van der Waals surface area (Å²) in [6, 6.07) is 1.88. The SMILES string of the molecule is SCCCc1ccon1. The second-order valence-corrected chi connectivity index (χ2v) is 2.27. The predicted molar refractivity (Wildman–Crippen MR) is 38.7 cm³/mol. The van der Waals surface area contributed by atoms with Crippen LogP contribution in [0.5, 0.6) is 0 Å². The highest BCUT2D eigenvalue weighted by Crippen LogP contribution is 1.98. The number of hydrogen-bond donors (Lipinski definition) is 1. The molecule has 50 valence electrons. The van der Waals surface area contributed by atoms with E-state index in [1.807, 2.05) is 6.07 Å². The molecular formula is C6H9NOS. The third-order valence-corrected chi connectivity index (χ3v) is 1.40. The van der Waals surface area contributed by atoms with Gasteiger partial charge in [-0.15, -0.1) is 0 Å². The van der Waals surface area contributed by atoms with Crippen LogP contribution in [0, 0.1) is 0 Å². The lowest BCUT2D eigenvalue weighted by Gasteiger charge is -1.87. The molecule has 0 aromatic carbocycles. The van der Waals surface area contributed by atoms with Crippen LogP contribution in [0.2, 0.25) is 0 Å². The molecule has 9 heavy (non-hydrogen) atoms. The van der Waals surface area contributed by atoms with Crippen LogP contribution in [-0.4, -0.2) is 10.9 Å². The summed E-state index contributed by atoms with van der Waals surface area (Å²) in [4.78, 5) is 0. The molecule has 0 N–H and O–H groups in total. The van der Waals surface area contributed by atoms with Crippen molar-refractivity contribution < 1.29 is 4.52 Å². The molecule has 0 aliphatic carbocycles. The van der Waals surface area contributed by atoms with Crippen molar-refractivity contribution >= 4 is 12.6 Å². The lowest BCUT2D eigenvalue weighted by Crippen LogP contribution is -1.84. The lowest BCUT2D eigenvalue weighted by molar-refractivity contribution is 0.411. The average molecular weight is 143 g/mol. The number of thiol groups is 1. The van der Waals surface area contributed by atoms with Crippen molar-refractivity contribution in [2.24, 2.45) is 0 Å². The first-order valence-corrected chi connectivity index (χ1v) is 3.57. The first kappa shape index (κ1) is 6.68. The normalized spacial score (nSPS) is 9.89. The van der Waals surface area contributed by atoms with Crippen LogP contribution in [0.3, 0.4) is 0 Å². The molecule has 0 spiro atoms. The molecule has 0 unspecified atom stereocenters. The molecule has 0 bridgehead atoms. The Morgan fingerprint density at radius 1 is 1.67 bits per heavy atom. The predicted octanol–water partition coefficient (Wildman–Crippen LogP) is 1.54. The fourth-order valence-corrected chi connectivity index (χ4v) is 0.785. The summed E-state index contributed by atoms with van der Waals surface area (Å²) < 4.78 is 4.64. The van der Waals surface area contributed by atoms with Crippen molar-refractivity contribution in [3.8, 4) is 0 Å². The maximum atomic E-state index is 4.64. The van der Waals surface area contributed by atoms with E-state index in [0.717, 1.165) is 24.3 Å². The molecule has 0 aliphatic rings. The van der Waals surface area contributed by atoms with Gasteiger partial charge < -0.3 is 4.52 Å². The molecule has 2 nitrogen and oxygen atoms in total. The molecule has 1 rings (SSSR count). The summed E-state index contributed by atoms with van der Waals surface area (Å²) in [5.41, 5.74) is 1.02. The first-order chi connectivity index (χ1) is 4.43. The molecule has 0 amide bonds. The minimum atomic E-state index is 0.910. The molecule has 0 atom stereocenters. The van der Waals surface area contributed by atoms with Gasteiger partial charge >= 0.3 is 0 Å². The second-order valence-electron chi connectivity index (χ2n) is 1.82. The minimum absolute atomic E-state index is 0.910. The molecule has 3 heteroatoms. The Balaban J connectivity index is 2.30. The van der Waals surface area contributed by atoms with Crippen molar-refractivity contribution in [3.05, 3.63) is 18.0 Å². The smallest absolute Gasteiger partial charge is 0.124 e. The minimum Gasteiger partial charge on any atom is -0.365 e. The summed E-state index contributed by atoms with van der Waals surface area (Å²) >= 11 is 4.07. The van der Waals surface area contributed by atoms with Gasteiger partial charge in [-0.2, -0.15) is 12.6 Å². The number of hydrogen-bond acceptors (Lipinski definition) is 3. The summed E-state index contributed by atoms with van der Waals surface area (Å²) in [7, 11) is 0. The molecule has 0 radical (unpaired) electrons. The Morgan fingerprint density at radius 2 is 2.56 bits per heavy atom. The molecule has 0 saturated carbocycles. The zero-order chi connectivity index (χ0) is 6.53. The highest BCUT2D eigenvalue weighted by atomic mass is 32.1. The third-order valence-electron chi connectivity index (χ3n) is 1.08. The third kappa shape index (κ3) is 2.10. The molecule has 1 aromatic heterocycles. The Hall–Kier alpha value is -0.440. The zero-order valence-electron chi connectivity index (χ0n) is 5.08.